The van der Waals surface area contributed by atoms with Crippen molar-refractivity contribution in [3.8, 4) is 16.9 Å². The van der Waals surface area contributed by atoms with E-state index in [9.17, 15) is 0 Å². The van der Waals surface area contributed by atoms with E-state index in [2.05, 4.69) is 64.3 Å². The Morgan fingerprint density at radius 2 is 1.65 bits per heavy atom. The Hall–Kier alpha value is -3.12. The number of benzene rings is 2. The standard InChI is InChI=1S/C25H26N4OS/c1-17-4-9-22(18(2)14-17)28-10-12-29(13-11-28)24-23-21(15-31-25(23)27-16-26-24)19-5-7-20(30-3)8-6-19/h4-9,14-16H,10-13H2,1-3H3. The highest BCUT2D eigenvalue weighted by Gasteiger charge is 2.23. The number of rotatable bonds is 4. The molecule has 2 aromatic heterocycles. The Balaban J connectivity index is 1.44. The molecule has 158 valence electrons. The van der Waals surface area contributed by atoms with Crippen LogP contribution in [0.2, 0.25) is 0 Å². The number of aromatic nitrogens is 2. The highest BCUT2D eigenvalue weighted by atomic mass is 32.1. The van der Waals surface area contributed by atoms with Gasteiger partial charge in [-0.1, -0.05) is 29.8 Å². The molecule has 1 aliphatic rings. The molecule has 4 aromatic rings. The van der Waals surface area contributed by atoms with Gasteiger partial charge in [0.15, 0.2) is 0 Å². The molecule has 0 unspecified atom stereocenters. The molecule has 5 nitrogen and oxygen atoms in total. The lowest BCUT2D eigenvalue weighted by Gasteiger charge is -2.37. The van der Waals surface area contributed by atoms with Gasteiger partial charge in [0.1, 0.15) is 22.7 Å². The van der Waals surface area contributed by atoms with Gasteiger partial charge in [0, 0.05) is 42.8 Å². The predicted molar refractivity (Wildman–Crippen MR) is 130 cm³/mol. The number of ether oxygens (including phenoxy) is 1. The van der Waals surface area contributed by atoms with Crippen LogP contribution in [0.4, 0.5) is 11.5 Å². The third-order valence-corrected chi connectivity index (χ3v) is 6.91. The van der Waals surface area contributed by atoms with Crippen molar-refractivity contribution in [1.82, 2.24) is 9.97 Å². The van der Waals surface area contributed by atoms with Crippen molar-refractivity contribution in [2.24, 2.45) is 0 Å². The van der Waals surface area contributed by atoms with E-state index in [1.54, 1.807) is 24.8 Å². The predicted octanol–water partition coefficient (Wildman–Crippen LogP) is 5.31. The van der Waals surface area contributed by atoms with Crippen LogP contribution in [0, 0.1) is 13.8 Å². The fraction of sp³-hybridized carbons (Fsp3) is 0.280. The first-order chi connectivity index (χ1) is 15.1. The fourth-order valence-electron chi connectivity index (χ4n) is 4.40. The van der Waals surface area contributed by atoms with Gasteiger partial charge in [0.25, 0.3) is 0 Å². The molecule has 1 fully saturated rings. The summed E-state index contributed by atoms with van der Waals surface area (Å²) < 4.78 is 5.32. The van der Waals surface area contributed by atoms with Gasteiger partial charge < -0.3 is 14.5 Å². The minimum absolute atomic E-state index is 0.863. The molecule has 3 heterocycles. The Morgan fingerprint density at radius 1 is 0.903 bits per heavy atom. The van der Waals surface area contributed by atoms with Crippen LogP contribution in [0.15, 0.2) is 54.2 Å². The Morgan fingerprint density at radius 3 is 2.35 bits per heavy atom. The molecular formula is C25H26N4OS. The summed E-state index contributed by atoms with van der Waals surface area (Å²) in [6, 6.07) is 14.9. The normalized spacial score (nSPS) is 14.3. The van der Waals surface area contributed by atoms with Crippen molar-refractivity contribution < 1.29 is 4.74 Å². The number of piperazine rings is 1. The Bertz CT molecular complexity index is 1210. The molecule has 0 N–H and O–H groups in total. The number of hydrogen-bond donors (Lipinski definition) is 0. The molecule has 0 bridgehead atoms. The van der Waals surface area contributed by atoms with Crippen LogP contribution in [0.1, 0.15) is 11.1 Å². The van der Waals surface area contributed by atoms with E-state index in [0.717, 1.165) is 53.5 Å². The van der Waals surface area contributed by atoms with Gasteiger partial charge in [-0.15, -0.1) is 11.3 Å². The van der Waals surface area contributed by atoms with E-state index < -0.39 is 0 Å². The topological polar surface area (TPSA) is 41.5 Å². The molecule has 0 spiro atoms. The molecule has 0 aliphatic carbocycles. The van der Waals surface area contributed by atoms with Crippen molar-refractivity contribution in [2.45, 2.75) is 13.8 Å². The van der Waals surface area contributed by atoms with E-state index in [0.29, 0.717) is 0 Å². The fourth-order valence-corrected chi connectivity index (χ4v) is 5.31. The minimum Gasteiger partial charge on any atom is -0.497 e. The lowest BCUT2D eigenvalue weighted by molar-refractivity contribution is 0.415. The maximum Gasteiger partial charge on any atom is 0.141 e. The molecule has 0 amide bonds. The highest BCUT2D eigenvalue weighted by Crippen LogP contribution is 2.38. The summed E-state index contributed by atoms with van der Waals surface area (Å²) in [6.45, 7) is 8.20. The second-order valence-electron chi connectivity index (χ2n) is 8.02. The van der Waals surface area contributed by atoms with Crippen LogP contribution in [-0.4, -0.2) is 43.3 Å². The van der Waals surface area contributed by atoms with E-state index in [-0.39, 0.29) is 0 Å². The SMILES string of the molecule is COc1ccc(-c2csc3ncnc(N4CCN(c5ccc(C)cc5C)CC4)c23)cc1. The van der Waals surface area contributed by atoms with Crippen molar-refractivity contribution in [2.75, 3.05) is 43.1 Å². The van der Waals surface area contributed by atoms with Crippen molar-refractivity contribution in [3.05, 3.63) is 65.3 Å². The van der Waals surface area contributed by atoms with Crippen LogP contribution in [0.25, 0.3) is 21.3 Å². The molecule has 0 atom stereocenters. The summed E-state index contributed by atoms with van der Waals surface area (Å²) in [5, 5.41) is 3.34. The number of aryl methyl sites for hydroxylation is 2. The number of fused-ring (bicyclic) bond motifs is 1. The molecule has 1 saturated heterocycles. The summed E-state index contributed by atoms with van der Waals surface area (Å²) in [6.07, 6.45) is 1.70. The first-order valence-electron chi connectivity index (χ1n) is 10.6. The van der Waals surface area contributed by atoms with Gasteiger partial charge in [-0.3, -0.25) is 0 Å². The summed E-state index contributed by atoms with van der Waals surface area (Å²) >= 11 is 1.68. The van der Waals surface area contributed by atoms with Gasteiger partial charge >= 0.3 is 0 Å². The Labute approximate surface area is 186 Å². The van der Waals surface area contributed by atoms with Gasteiger partial charge in [0.05, 0.1) is 12.5 Å². The van der Waals surface area contributed by atoms with E-state index in [1.165, 1.54) is 22.4 Å². The Kier molecular flexibility index (Phi) is 5.24. The lowest BCUT2D eigenvalue weighted by atomic mass is 10.1. The summed E-state index contributed by atoms with van der Waals surface area (Å²) in [4.78, 5) is 15.2. The molecular weight excluding hydrogens is 404 g/mol. The summed E-state index contributed by atoms with van der Waals surface area (Å²) in [5.41, 5.74) is 6.35. The van der Waals surface area contributed by atoms with E-state index in [1.807, 2.05) is 12.1 Å². The smallest absolute Gasteiger partial charge is 0.141 e. The van der Waals surface area contributed by atoms with Crippen molar-refractivity contribution >= 4 is 33.1 Å². The first-order valence-corrected chi connectivity index (χ1v) is 11.5. The molecule has 6 heteroatoms. The van der Waals surface area contributed by atoms with E-state index in [4.69, 9.17) is 9.72 Å². The number of methoxy groups -OCH3 is 1. The molecule has 31 heavy (non-hydrogen) atoms. The lowest BCUT2D eigenvalue weighted by Crippen LogP contribution is -2.47. The van der Waals surface area contributed by atoms with Crippen LogP contribution >= 0.6 is 11.3 Å². The van der Waals surface area contributed by atoms with Gasteiger partial charge in [-0.2, -0.15) is 0 Å². The summed E-state index contributed by atoms with van der Waals surface area (Å²) in [5.74, 6) is 1.90. The third kappa shape index (κ3) is 3.72. The number of thiophene rings is 1. The van der Waals surface area contributed by atoms with Gasteiger partial charge in [-0.25, -0.2) is 9.97 Å². The molecule has 2 aromatic carbocycles. The van der Waals surface area contributed by atoms with Crippen LogP contribution < -0.4 is 14.5 Å². The maximum atomic E-state index is 5.32. The molecule has 5 rings (SSSR count). The van der Waals surface area contributed by atoms with Gasteiger partial charge in [0.2, 0.25) is 0 Å². The number of hydrogen-bond acceptors (Lipinski definition) is 6. The van der Waals surface area contributed by atoms with Gasteiger partial charge in [-0.05, 0) is 43.2 Å². The van der Waals surface area contributed by atoms with Crippen molar-refractivity contribution in [3.63, 3.8) is 0 Å². The van der Waals surface area contributed by atoms with Crippen LogP contribution in [0.5, 0.6) is 5.75 Å². The van der Waals surface area contributed by atoms with Crippen LogP contribution in [0.3, 0.4) is 0 Å². The number of nitrogens with zero attached hydrogens (tertiary/aromatic N) is 4. The quantitative estimate of drug-likeness (QED) is 0.439. The monoisotopic (exact) mass is 430 g/mol. The average Bonchev–Trinajstić information content (AvgIpc) is 3.24. The molecule has 1 aliphatic heterocycles. The second kappa shape index (κ2) is 8.19. The van der Waals surface area contributed by atoms with E-state index >= 15 is 0 Å². The average molecular weight is 431 g/mol. The zero-order valence-corrected chi connectivity index (χ0v) is 18.9. The minimum atomic E-state index is 0.863. The third-order valence-electron chi connectivity index (χ3n) is 6.02. The summed E-state index contributed by atoms with van der Waals surface area (Å²) in [7, 11) is 1.69. The zero-order chi connectivity index (χ0) is 21.4. The largest absolute Gasteiger partial charge is 0.497 e. The van der Waals surface area contributed by atoms with Crippen molar-refractivity contribution in [1.29, 1.82) is 0 Å². The number of anilines is 2. The highest BCUT2D eigenvalue weighted by molar-refractivity contribution is 7.17. The first kappa shape index (κ1) is 19.8. The zero-order valence-electron chi connectivity index (χ0n) is 18.1. The second-order valence-corrected chi connectivity index (χ2v) is 8.88. The molecule has 0 saturated carbocycles. The maximum absolute atomic E-state index is 5.32. The van der Waals surface area contributed by atoms with Crippen LogP contribution in [-0.2, 0) is 0 Å². The molecule has 0 radical (unpaired) electrons.